The van der Waals surface area contributed by atoms with Gasteiger partial charge in [-0.1, -0.05) is 156 Å². The molecule has 6 aliphatic heterocycles. The Hall–Kier alpha value is -13.8. The van der Waals surface area contributed by atoms with E-state index in [2.05, 4.69) is 154 Å². The second-order valence-corrected chi connectivity index (χ2v) is 40.6. The van der Waals surface area contributed by atoms with Gasteiger partial charge in [0, 0.05) is 135 Å². The Bertz CT molecular complexity index is 6310. The Morgan fingerprint density at radius 2 is 0.832 bits per heavy atom. The molecule has 149 heavy (non-hydrogen) atoms. The van der Waals surface area contributed by atoms with Gasteiger partial charge in [0.2, 0.25) is 35.5 Å². The number of hydrogen-bond acceptors (Lipinski definition) is 14. The van der Waals surface area contributed by atoms with Crippen molar-refractivity contribution in [3.8, 4) is 45.6 Å². The fourth-order valence-corrected chi connectivity index (χ4v) is 19.9. The van der Waals surface area contributed by atoms with Gasteiger partial charge in [0.1, 0.15) is 51.5 Å². The number of aliphatic hydroxyl groups is 1. The number of aryl methyl sites for hydroxylation is 1. The van der Waals surface area contributed by atoms with Crippen LogP contribution in [0.25, 0.3) is 41.5 Å². The number of ether oxygens (including phenoxy) is 7. The lowest BCUT2D eigenvalue weighted by atomic mass is 9.81. The summed E-state index contributed by atoms with van der Waals surface area (Å²) in [6.07, 6.45) is 38.2. The van der Waals surface area contributed by atoms with Gasteiger partial charge in [-0.2, -0.15) is 0 Å². The standard InChI is InChI=1S/C22H27F2NO3.C20H25F2NO3.C20H23F2NO2.C20H24FNO2.C20H21NO2.C20H19NO2/c1-3-19(27)25(11-12-26)18-14-16(21-17(20(18)23)8-13-28-21)5-4-15-6-9-22(2,24)10-7-15;1-3-18(24)23-16-10-13-8-9-25-19(13)14(11-16)12-26-17-6-4-15(5-7-17)20(2,21)22;1-3-17(24)23-16-12-14(19-15(18(16)21)8-11-25-19)5-4-13-6-9-20(2,22)10-7-13;1-3-18(23)22-17-12-15(19-16(13-17)8-11-24-19)5-4-14-6-9-20(2,21)10-7-14;1-4-19(22)21-17-11-16-9-10-23-20(16)18(12-17)15-7-5-14(6-8-15)13(2)3;1-3-19(22)21-18-12-16(20-17(13-18)10-11-23-20)9-8-15-6-4-14(2)5-7-15/h3-5,14-15,26H,1,6-13H2,2H3;3,10-11,15,17H,1,4-9,12H2,2H3,(H,23,24);3-5,12-13H,1,6-11H2,2H3,(H,23,24);3-5,12-14H,1,6-11H2,2H3,(H,22,23);4-8,11-13H,1,9-10H2,2-3H3,(H,21,22);3-9,12-13H,1,10-11H2,2H3,(H,21,22)/b5-4+;;2*5-4+;;9-8+. The maximum absolute atomic E-state index is 15.0. The van der Waals surface area contributed by atoms with Gasteiger partial charge in [-0.15, -0.1) is 0 Å². The number of allylic oxidation sites excluding steroid dienone is 3. The molecule has 790 valence electrons. The number of carbonyl (C=O) groups is 6. The van der Waals surface area contributed by atoms with E-state index in [0.717, 1.165) is 185 Å². The summed E-state index contributed by atoms with van der Waals surface area (Å²) >= 11 is 0. The van der Waals surface area contributed by atoms with E-state index in [1.165, 1.54) is 40.3 Å². The third kappa shape index (κ3) is 31.2. The van der Waals surface area contributed by atoms with Crippen LogP contribution in [0.5, 0.6) is 34.5 Å². The molecule has 8 aromatic carbocycles. The van der Waals surface area contributed by atoms with Crippen LogP contribution in [-0.4, -0.2) is 122 Å². The first kappa shape index (κ1) is 112. The highest BCUT2D eigenvalue weighted by atomic mass is 19.3. The minimum atomic E-state index is -2.61. The quantitative estimate of drug-likeness (QED) is 0.0152. The summed E-state index contributed by atoms with van der Waals surface area (Å²) in [5, 5.41) is 23.1. The van der Waals surface area contributed by atoms with E-state index in [-0.39, 0.29) is 60.2 Å². The number of nitrogens with one attached hydrogen (secondary N) is 5. The van der Waals surface area contributed by atoms with Crippen LogP contribution >= 0.6 is 0 Å². The van der Waals surface area contributed by atoms with Gasteiger partial charge >= 0.3 is 0 Å². The number of fused-ring (bicyclic) bond motifs is 6. The van der Waals surface area contributed by atoms with Gasteiger partial charge in [-0.05, 0) is 280 Å². The zero-order valence-corrected chi connectivity index (χ0v) is 86.4. The molecule has 0 spiro atoms. The molecule has 27 heteroatoms. The van der Waals surface area contributed by atoms with Crippen molar-refractivity contribution in [1.82, 2.24) is 0 Å². The zero-order chi connectivity index (χ0) is 107. The van der Waals surface area contributed by atoms with Gasteiger partial charge in [-0.25, -0.2) is 30.7 Å². The maximum atomic E-state index is 15.0. The number of amides is 6. The number of benzene rings is 8. The number of alkyl halides is 5. The molecule has 6 amide bonds. The second-order valence-electron chi connectivity index (χ2n) is 40.6. The lowest BCUT2D eigenvalue weighted by molar-refractivity contribution is -0.114. The number of halogens is 7. The van der Waals surface area contributed by atoms with Crippen LogP contribution < -0.4 is 59.9 Å². The van der Waals surface area contributed by atoms with Crippen LogP contribution in [0, 0.1) is 42.2 Å². The van der Waals surface area contributed by atoms with E-state index in [1.807, 2.05) is 78.9 Å². The van der Waals surface area contributed by atoms with E-state index < -0.39 is 52.3 Å². The molecule has 0 bridgehead atoms. The highest BCUT2D eigenvalue weighted by Crippen LogP contribution is 2.48. The van der Waals surface area contributed by atoms with Crippen molar-refractivity contribution in [3.63, 3.8) is 0 Å². The fourth-order valence-electron chi connectivity index (χ4n) is 19.9. The summed E-state index contributed by atoms with van der Waals surface area (Å²) in [4.78, 5) is 71.1. The summed E-state index contributed by atoms with van der Waals surface area (Å²) in [6.45, 7) is 36.7. The molecule has 8 aromatic rings. The minimum Gasteiger partial charge on any atom is -0.493 e. The van der Waals surface area contributed by atoms with Crippen LogP contribution in [0.4, 0.5) is 64.9 Å². The van der Waals surface area contributed by atoms with Crippen molar-refractivity contribution in [2.45, 2.75) is 231 Å². The number of rotatable bonds is 28. The molecule has 0 atom stereocenters. The Morgan fingerprint density at radius 3 is 1.27 bits per heavy atom. The number of hydrogen-bond donors (Lipinski definition) is 6. The zero-order valence-electron chi connectivity index (χ0n) is 86.4. The average molecular weight is 2050 g/mol. The summed E-state index contributed by atoms with van der Waals surface area (Å²) in [7, 11) is 0. The summed E-state index contributed by atoms with van der Waals surface area (Å²) in [5.41, 5.74) is 15.4. The van der Waals surface area contributed by atoms with Gasteiger partial charge in [0.05, 0.1) is 70.3 Å². The average Bonchev–Trinajstić information content (AvgIpc) is 1.70. The molecular weight excluding hydrogens is 1910 g/mol. The largest absolute Gasteiger partial charge is 0.493 e. The Labute approximate surface area is 870 Å². The lowest BCUT2D eigenvalue weighted by Crippen LogP contribution is -2.33. The van der Waals surface area contributed by atoms with E-state index in [9.17, 15) is 60.2 Å². The normalized spacial score (nSPS) is 20.8. The van der Waals surface area contributed by atoms with Crippen molar-refractivity contribution < 1.29 is 97.8 Å². The smallest absolute Gasteiger partial charge is 0.250 e. The number of carbonyl (C=O) groups excluding carboxylic acids is 6. The van der Waals surface area contributed by atoms with Crippen LogP contribution in [0.15, 0.2) is 203 Å². The van der Waals surface area contributed by atoms with Crippen molar-refractivity contribution in [1.29, 1.82) is 0 Å². The number of nitrogens with zero attached hydrogens (tertiary/aromatic N) is 1. The summed E-state index contributed by atoms with van der Waals surface area (Å²) in [6, 6.07) is 35.5. The van der Waals surface area contributed by atoms with E-state index in [0.29, 0.717) is 175 Å². The molecule has 18 rings (SSSR count). The summed E-state index contributed by atoms with van der Waals surface area (Å²) < 4.78 is 138. The Kier molecular flexibility index (Phi) is 39.1. The SMILES string of the molecule is C=CC(=O)N(CCO)c1cc(/C=C/C2CCC(C)(F)CC2)c2c(c1F)CCO2.C=CC(=O)Nc1cc(/C=C/C2CCC(C)(F)CC2)c2c(c1)CCO2.C=CC(=O)Nc1cc(/C=C/C2CCC(C)(F)CC2)c2c(c1F)CCO2.C=CC(=O)Nc1cc(/C=C/c2ccc(C)cc2)c2c(c1)CCO2.C=CC(=O)Nc1cc2c(c(-c3ccc(C(C)C)cc3)c1)OCC2.C=CC(=O)Nc1cc2c(c(COC3CCC(C(C)(F)F)CC3)c1)OCC2. The first-order valence-corrected chi connectivity index (χ1v) is 51.6. The molecule has 0 unspecified atom stereocenters. The predicted octanol–water partition coefficient (Wildman–Crippen LogP) is 26.9. The van der Waals surface area contributed by atoms with E-state index in [1.54, 1.807) is 32.9 Å². The van der Waals surface area contributed by atoms with Crippen molar-refractivity contribution >= 4 is 99.9 Å². The Morgan fingerprint density at radius 1 is 0.450 bits per heavy atom. The van der Waals surface area contributed by atoms with Gasteiger partial charge < -0.3 is 69.7 Å². The van der Waals surface area contributed by atoms with E-state index >= 15 is 4.39 Å². The van der Waals surface area contributed by atoms with Gasteiger partial charge in [-0.3, -0.25) is 28.8 Å². The molecule has 20 nitrogen and oxygen atoms in total. The van der Waals surface area contributed by atoms with Crippen LogP contribution in [0.2, 0.25) is 0 Å². The second kappa shape index (κ2) is 51.9. The van der Waals surface area contributed by atoms with Crippen LogP contribution in [0.3, 0.4) is 0 Å². The first-order valence-electron chi connectivity index (χ1n) is 51.6. The molecule has 6 N–H and O–H groups in total. The van der Waals surface area contributed by atoms with Crippen LogP contribution in [-0.2, 0) is 78.6 Å². The van der Waals surface area contributed by atoms with E-state index in [4.69, 9.17) is 33.2 Å². The monoisotopic (exact) mass is 2050 g/mol. The molecule has 4 fully saturated rings. The third-order valence-electron chi connectivity index (χ3n) is 28.6. The lowest BCUT2D eigenvalue weighted by Gasteiger charge is -2.32. The highest BCUT2D eigenvalue weighted by Gasteiger charge is 2.39. The third-order valence-corrected chi connectivity index (χ3v) is 28.6. The maximum Gasteiger partial charge on any atom is 0.250 e. The predicted molar refractivity (Wildman–Crippen MR) is 580 cm³/mol. The molecule has 0 saturated heterocycles. The first-order chi connectivity index (χ1) is 71.3. The van der Waals surface area contributed by atoms with Gasteiger partial charge in [0.15, 0.2) is 11.6 Å². The molecular formula is C122H139F7N6O14. The molecule has 0 radical (unpaired) electrons. The summed E-state index contributed by atoms with van der Waals surface area (Å²) in [5.74, 6) is 0.0998. The molecule has 4 saturated carbocycles. The number of anilines is 6. The fraction of sp³-hybridized carbons (Fsp3) is 0.393. The minimum absolute atomic E-state index is 0.0166. The molecule has 10 aliphatic rings. The molecule has 0 aromatic heterocycles. The Balaban J connectivity index is 0.000000149. The van der Waals surface area contributed by atoms with Crippen LogP contribution in [0.1, 0.15) is 228 Å². The van der Waals surface area contributed by atoms with Crippen molar-refractivity contribution in [3.05, 3.63) is 293 Å². The molecule has 4 aliphatic carbocycles. The van der Waals surface area contributed by atoms with Crippen molar-refractivity contribution in [2.24, 2.45) is 23.7 Å². The van der Waals surface area contributed by atoms with Crippen molar-refractivity contribution in [2.75, 3.05) is 84.3 Å². The topological polar surface area (TPSA) is 251 Å². The number of aliphatic hydroxyl groups excluding tert-OH is 1. The van der Waals surface area contributed by atoms with Gasteiger partial charge in [0.25, 0.3) is 5.91 Å². The molecule has 6 heterocycles. The highest BCUT2D eigenvalue weighted by molar-refractivity contribution is 6.04.